The first-order valence-electron chi connectivity index (χ1n) is 4.50. The number of thiophene rings is 1. The molecular formula is C10H12BrNS. The van der Waals surface area contributed by atoms with E-state index in [0.717, 1.165) is 25.9 Å². The Bertz CT molecular complexity index is 316. The van der Waals surface area contributed by atoms with Crippen LogP contribution >= 0.6 is 27.3 Å². The first kappa shape index (κ1) is 9.44. The van der Waals surface area contributed by atoms with E-state index in [9.17, 15) is 0 Å². The van der Waals surface area contributed by atoms with Gasteiger partial charge in [-0.15, -0.1) is 11.3 Å². The van der Waals surface area contributed by atoms with Crippen molar-refractivity contribution in [3.63, 3.8) is 0 Å². The Hall–Kier alpha value is -0.120. The Kier molecular flexibility index (Phi) is 3.19. The molecule has 0 fully saturated rings. The minimum Gasteiger partial charge on any atom is -0.316 e. The van der Waals surface area contributed by atoms with Crippen molar-refractivity contribution in [1.82, 2.24) is 5.32 Å². The third-order valence-electron chi connectivity index (χ3n) is 2.17. The Morgan fingerprint density at radius 3 is 3.08 bits per heavy atom. The van der Waals surface area contributed by atoms with Crippen molar-refractivity contribution in [3.05, 3.63) is 26.9 Å². The molecule has 1 aromatic heterocycles. The van der Waals surface area contributed by atoms with Gasteiger partial charge in [0.15, 0.2) is 0 Å². The van der Waals surface area contributed by atoms with Gasteiger partial charge >= 0.3 is 0 Å². The molecule has 0 saturated heterocycles. The zero-order chi connectivity index (χ0) is 9.10. The molecule has 0 aliphatic carbocycles. The van der Waals surface area contributed by atoms with Gasteiger partial charge in [-0.05, 0) is 53.5 Å². The lowest BCUT2D eigenvalue weighted by Gasteiger charge is -2.00. The molecule has 0 bridgehead atoms. The molecule has 0 unspecified atom stereocenters. The first-order chi connectivity index (χ1) is 6.36. The van der Waals surface area contributed by atoms with E-state index in [1.165, 1.54) is 14.9 Å². The van der Waals surface area contributed by atoms with Crippen LogP contribution in [0, 0.1) is 0 Å². The van der Waals surface area contributed by atoms with Gasteiger partial charge in [0.2, 0.25) is 0 Å². The number of hydrogen-bond acceptors (Lipinski definition) is 2. The summed E-state index contributed by atoms with van der Waals surface area (Å²) in [5.41, 5.74) is 1.50. The highest BCUT2D eigenvalue weighted by atomic mass is 79.9. The molecule has 0 spiro atoms. The van der Waals surface area contributed by atoms with Crippen LogP contribution in [0.25, 0.3) is 5.57 Å². The van der Waals surface area contributed by atoms with Gasteiger partial charge in [-0.1, -0.05) is 6.08 Å². The lowest BCUT2D eigenvalue weighted by molar-refractivity contribution is 0.718. The van der Waals surface area contributed by atoms with Crippen molar-refractivity contribution >= 4 is 32.8 Å². The smallest absolute Gasteiger partial charge is 0.0311 e. The second-order valence-corrected chi connectivity index (χ2v) is 4.97. The zero-order valence-electron chi connectivity index (χ0n) is 7.35. The molecule has 70 valence electrons. The molecule has 2 heterocycles. The number of hydrogen-bond donors (Lipinski definition) is 1. The topological polar surface area (TPSA) is 12.0 Å². The Labute approximate surface area is 91.0 Å². The fraction of sp³-hybridized carbons (Fsp3) is 0.400. The van der Waals surface area contributed by atoms with Crippen LogP contribution in [0.1, 0.15) is 17.7 Å². The second-order valence-electron chi connectivity index (χ2n) is 3.15. The van der Waals surface area contributed by atoms with E-state index in [0.29, 0.717) is 0 Å². The highest BCUT2D eigenvalue weighted by molar-refractivity contribution is 9.10. The largest absolute Gasteiger partial charge is 0.316 e. The molecule has 2 rings (SSSR count). The lowest BCUT2D eigenvalue weighted by Crippen LogP contribution is -2.13. The average Bonchev–Trinajstić information content (AvgIpc) is 2.43. The van der Waals surface area contributed by atoms with Crippen LogP contribution in [0.3, 0.4) is 0 Å². The quantitative estimate of drug-likeness (QED) is 0.815. The van der Waals surface area contributed by atoms with Gasteiger partial charge in [0.05, 0.1) is 0 Å². The minimum absolute atomic E-state index is 1.11. The van der Waals surface area contributed by atoms with Crippen LogP contribution in [0.2, 0.25) is 0 Å². The molecular weight excluding hydrogens is 246 g/mol. The van der Waals surface area contributed by atoms with E-state index in [4.69, 9.17) is 0 Å². The van der Waals surface area contributed by atoms with Gasteiger partial charge in [0.25, 0.3) is 0 Å². The van der Waals surface area contributed by atoms with Crippen LogP contribution in [-0.4, -0.2) is 13.1 Å². The predicted molar refractivity (Wildman–Crippen MR) is 62.1 cm³/mol. The minimum atomic E-state index is 1.11. The first-order valence-corrected chi connectivity index (χ1v) is 6.18. The maximum atomic E-state index is 3.49. The summed E-state index contributed by atoms with van der Waals surface area (Å²) in [4.78, 5) is 1.41. The van der Waals surface area contributed by atoms with Crippen molar-refractivity contribution in [3.8, 4) is 0 Å². The normalized spacial score (nSPS) is 18.1. The van der Waals surface area contributed by atoms with Crippen molar-refractivity contribution in [2.24, 2.45) is 0 Å². The summed E-state index contributed by atoms with van der Waals surface area (Å²) in [6, 6.07) is 2.21. The Morgan fingerprint density at radius 2 is 2.31 bits per heavy atom. The molecule has 1 aliphatic heterocycles. The molecule has 0 amide bonds. The molecule has 0 aromatic carbocycles. The van der Waals surface area contributed by atoms with Crippen LogP contribution in [0.15, 0.2) is 22.0 Å². The fourth-order valence-corrected chi connectivity index (χ4v) is 3.00. The van der Waals surface area contributed by atoms with Crippen LogP contribution in [0.5, 0.6) is 0 Å². The van der Waals surface area contributed by atoms with Crippen molar-refractivity contribution in [1.29, 1.82) is 0 Å². The van der Waals surface area contributed by atoms with E-state index in [1.54, 1.807) is 0 Å². The molecule has 3 heteroatoms. The van der Waals surface area contributed by atoms with E-state index >= 15 is 0 Å². The van der Waals surface area contributed by atoms with Crippen LogP contribution in [-0.2, 0) is 0 Å². The van der Waals surface area contributed by atoms with E-state index in [1.807, 2.05) is 11.3 Å². The van der Waals surface area contributed by atoms with Gasteiger partial charge < -0.3 is 5.32 Å². The molecule has 1 N–H and O–H groups in total. The Balaban J connectivity index is 2.19. The standard InChI is InChI=1S/C10H12BrNS/c11-9-6-10(13-7-9)8-2-1-4-12-5-3-8/h2,6-7,12H,1,3-5H2. The summed E-state index contributed by atoms with van der Waals surface area (Å²) in [6.45, 7) is 2.23. The molecule has 1 aliphatic rings. The number of halogens is 1. The molecule has 1 nitrogen and oxygen atoms in total. The summed E-state index contributed by atoms with van der Waals surface area (Å²) >= 11 is 5.31. The monoisotopic (exact) mass is 257 g/mol. The SMILES string of the molecule is Brc1csc(C2=CCCNCC2)c1. The molecule has 0 atom stereocenters. The van der Waals surface area contributed by atoms with Crippen molar-refractivity contribution in [2.45, 2.75) is 12.8 Å². The molecule has 13 heavy (non-hydrogen) atoms. The van der Waals surface area contributed by atoms with E-state index in [2.05, 4.69) is 38.8 Å². The van der Waals surface area contributed by atoms with Gasteiger partial charge in [-0.3, -0.25) is 0 Å². The Morgan fingerprint density at radius 1 is 1.38 bits per heavy atom. The maximum absolute atomic E-state index is 3.49. The van der Waals surface area contributed by atoms with Crippen molar-refractivity contribution in [2.75, 3.05) is 13.1 Å². The number of rotatable bonds is 1. The predicted octanol–water partition coefficient (Wildman–Crippen LogP) is 3.28. The summed E-state index contributed by atoms with van der Waals surface area (Å²) in [5, 5.41) is 5.54. The van der Waals surface area contributed by atoms with Crippen LogP contribution in [0.4, 0.5) is 0 Å². The summed E-state index contributed by atoms with van der Waals surface area (Å²) in [7, 11) is 0. The summed E-state index contributed by atoms with van der Waals surface area (Å²) in [6.07, 6.45) is 4.68. The highest BCUT2D eigenvalue weighted by Gasteiger charge is 2.06. The molecule has 0 radical (unpaired) electrons. The summed E-state index contributed by atoms with van der Waals surface area (Å²) < 4.78 is 1.20. The highest BCUT2D eigenvalue weighted by Crippen LogP contribution is 2.28. The fourth-order valence-electron chi connectivity index (χ4n) is 1.50. The number of nitrogens with one attached hydrogen (secondary N) is 1. The maximum Gasteiger partial charge on any atom is 0.0311 e. The van der Waals surface area contributed by atoms with Crippen molar-refractivity contribution < 1.29 is 0 Å². The third kappa shape index (κ3) is 2.42. The zero-order valence-corrected chi connectivity index (χ0v) is 9.75. The average molecular weight is 258 g/mol. The molecule has 1 aromatic rings. The van der Waals surface area contributed by atoms with Gasteiger partial charge in [0, 0.05) is 14.7 Å². The van der Waals surface area contributed by atoms with E-state index < -0.39 is 0 Å². The lowest BCUT2D eigenvalue weighted by atomic mass is 10.1. The van der Waals surface area contributed by atoms with Crippen LogP contribution < -0.4 is 5.32 Å². The second kappa shape index (κ2) is 4.40. The van der Waals surface area contributed by atoms with Gasteiger partial charge in [-0.25, -0.2) is 0 Å². The summed E-state index contributed by atoms with van der Waals surface area (Å²) in [5.74, 6) is 0. The third-order valence-corrected chi connectivity index (χ3v) is 3.93. The molecule has 0 saturated carbocycles. The van der Waals surface area contributed by atoms with Gasteiger partial charge in [-0.2, -0.15) is 0 Å². The van der Waals surface area contributed by atoms with E-state index in [-0.39, 0.29) is 0 Å². The van der Waals surface area contributed by atoms with Gasteiger partial charge in [0.1, 0.15) is 0 Å².